The Hall–Kier alpha value is -1.71. The molecule has 0 unspecified atom stereocenters. The van der Waals surface area contributed by atoms with Crippen LogP contribution < -0.4 is 5.73 Å². The van der Waals surface area contributed by atoms with E-state index in [-0.39, 0.29) is 0 Å². The van der Waals surface area contributed by atoms with Gasteiger partial charge in [0.25, 0.3) is 0 Å². The summed E-state index contributed by atoms with van der Waals surface area (Å²) >= 11 is 0. The molecule has 1 aliphatic rings. The van der Waals surface area contributed by atoms with Crippen LogP contribution in [0.5, 0.6) is 0 Å². The number of aliphatic imine (C=N–C) groups is 2. The Labute approximate surface area is 69.9 Å². The van der Waals surface area contributed by atoms with Gasteiger partial charge in [0.1, 0.15) is 5.84 Å². The van der Waals surface area contributed by atoms with Gasteiger partial charge in [-0.05, 0) is 12.1 Å². The van der Waals surface area contributed by atoms with Gasteiger partial charge >= 0.3 is 0 Å². The quantitative estimate of drug-likeness (QED) is 0.637. The molecule has 0 amide bonds. The molecule has 0 saturated carbocycles. The van der Waals surface area contributed by atoms with Crippen molar-refractivity contribution in [2.45, 2.75) is 0 Å². The molecule has 0 bridgehead atoms. The maximum Gasteiger partial charge on any atom is 0.157 e. The Bertz CT molecular complexity index is 339. The van der Waals surface area contributed by atoms with Crippen LogP contribution in [0.3, 0.4) is 0 Å². The van der Waals surface area contributed by atoms with Crippen LogP contribution in [-0.2, 0) is 0 Å². The summed E-state index contributed by atoms with van der Waals surface area (Å²) < 4.78 is 0. The van der Waals surface area contributed by atoms with Gasteiger partial charge in [-0.2, -0.15) is 0 Å². The smallest absolute Gasteiger partial charge is 0.157 e. The number of hydrogen-bond donors (Lipinski definition) is 1. The molecule has 60 valence electrons. The van der Waals surface area contributed by atoms with E-state index < -0.39 is 0 Å². The predicted molar refractivity (Wildman–Crippen MR) is 47.3 cm³/mol. The van der Waals surface area contributed by atoms with Gasteiger partial charge in [0.15, 0.2) is 5.84 Å². The minimum Gasteiger partial charge on any atom is -0.386 e. The highest BCUT2D eigenvalue weighted by atomic mass is 15.0. The Kier molecular flexibility index (Phi) is 1.59. The molecule has 2 rings (SSSR count). The van der Waals surface area contributed by atoms with Gasteiger partial charge in [-0.3, -0.25) is 9.98 Å². The summed E-state index contributed by atoms with van der Waals surface area (Å²) in [6.45, 7) is 0.512. The molecular formula is C8H8N4. The van der Waals surface area contributed by atoms with Crippen LogP contribution >= 0.6 is 0 Å². The fourth-order valence-electron chi connectivity index (χ4n) is 1.02. The minimum absolute atomic E-state index is 0.512. The molecule has 0 spiro atoms. The third-order valence-corrected chi connectivity index (χ3v) is 1.58. The van der Waals surface area contributed by atoms with Crippen LogP contribution in [0, 0.1) is 0 Å². The van der Waals surface area contributed by atoms with Crippen LogP contribution in [0.2, 0.25) is 0 Å². The van der Waals surface area contributed by atoms with Gasteiger partial charge in [-0.15, -0.1) is 0 Å². The first-order valence-electron chi connectivity index (χ1n) is 3.64. The van der Waals surface area contributed by atoms with Crippen LogP contribution in [0.15, 0.2) is 34.5 Å². The second kappa shape index (κ2) is 2.73. The largest absolute Gasteiger partial charge is 0.386 e. The lowest BCUT2D eigenvalue weighted by Crippen LogP contribution is -2.11. The average Bonchev–Trinajstić information content (AvgIpc) is 2.54. The number of nitrogens with zero attached hydrogens (tertiary/aromatic N) is 3. The third-order valence-electron chi connectivity index (χ3n) is 1.58. The van der Waals surface area contributed by atoms with E-state index >= 15 is 0 Å². The van der Waals surface area contributed by atoms with Crippen molar-refractivity contribution in [3.05, 3.63) is 30.1 Å². The first kappa shape index (κ1) is 6.97. The SMILES string of the molecule is NC1=NC(c2ccncc2)=NC1. The van der Waals surface area contributed by atoms with Crippen molar-refractivity contribution in [3.63, 3.8) is 0 Å². The molecule has 2 N–H and O–H groups in total. The molecule has 4 nitrogen and oxygen atoms in total. The lowest BCUT2D eigenvalue weighted by atomic mass is 10.2. The van der Waals surface area contributed by atoms with Crippen LogP contribution in [-0.4, -0.2) is 23.2 Å². The molecule has 1 aromatic heterocycles. The minimum atomic E-state index is 0.512. The molecule has 0 aliphatic carbocycles. The molecule has 1 aliphatic heterocycles. The standard InChI is InChI=1S/C8H8N4/c9-7-5-11-8(12-7)6-1-3-10-4-2-6/h1-4H,5H2,(H2,9,11,12). The van der Waals surface area contributed by atoms with E-state index in [0.29, 0.717) is 18.2 Å². The Balaban J connectivity index is 2.34. The molecule has 4 heteroatoms. The topological polar surface area (TPSA) is 63.6 Å². The monoisotopic (exact) mass is 160 g/mol. The number of pyridine rings is 1. The molecule has 1 aromatic rings. The average molecular weight is 160 g/mol. The van der Waals surface area contributed by atoms with Crippen molar-refractivity contribution >= 4 is 11.7 Å². The summed E-state index contributed by atoms with van der Waals surface area (Å²) in [5.41, 5.74) is 6.45. The van der Waals surface area contributed by atoms with E-state index in [1.54, 1.807) is 12.4 Å². The zero-order chi connectivity index (χ0) is 8.39. The summed E-state index contributed by atoms with van der Waals surface area (Å²) in [4.78, 5) is 12.1. The van der Waals surface area contributed by atoms with Gasteiger partial charge in [0.05, 0.1) is 6.54 Å². The van der Waals surface area contributed by atoms with E-state index in [2.05, 4.69) is 15.0 Å². The number of nitrogens with two attached hydrogens (primary N) is 1. The Morgan fingerprint density at radius 1 is 1.25 bits per heavy atom. The van der Waals surface area contributed by atoms with Crippen molar-refractivity contribution in [1.82, 2.24) is 4.98 Å². The highest BCUT2D eigenvalue weighted by Gasteiger charge is 2.07. The van der Waals surface area contributed by atoms with Crippen LogP contribution in [0.4, 0.5) is 0 Å². The second-order valence-corrected chi connectivity index (χ2v) is 2.48. The van der Waals surface area contributed by atoms with E-state index in [9.17, 15) is 0 Å². The van der Waals surface area contributed by atoms with Gasteiger partial charge in [0, 0.05) is 18.0 Å². The molecule has 12 heavy (non-hydrogen) atoms. The summed E-state index contributed by atoms with van der Waals surface area (Å²) in [6.07, 6.45) is 3.42. The van der Waals surface area contributed by atoms with Crippen molar-refractivity contribution < 1.29 is 0 Å². The zero-order valence-corrected chi connectivity index (χ0v) is 6.44. The van der Waals surface area contributed by atoms with E-state index in [4.69, 9.17) is 5.73 Å². The lowest BCUT2D eigenvalue weighted by Gasteiger charge is -1.93. The number of aromatic nitrogens is 1. The number of rotatable bonds is 1. The normalized spacial score (nSPS) is 15.7. The van der Waals surface area contributed by atoms with E-state index in [0.717, 1.165) is 5.56 Å². The Morgan fingerprint density at radius 3 is 2.58 bits per heavy atom. The van der Waals surface area contributed by atoms with Crippen LogP contribution in [0.25, 0.3) is 0 Å². The summed E-state index contributed by atoms with van der Waals surface area (Å²) in [6, 6.07) is 3.72. The lowest BCUT2D eigenvalue weighted by molar-refractivity contribution is 1.29. The van der Waals surface area contributed by atoms with Crippen molar-refractivity contribution in [2.24, 2.45) is 15.7 Å². The van der Waals surface area contributed by atoms with E-state index in [1.807, 2.05) is 12.1 Å². The van der Waals surface area contributed by atoms with Gasteiger partial charge in [-0.1, -0.05) is 0 Å². The van der Waals surface area contributed by atoms with Gasteiger partial charge in [0.2, 0.25) is 0 Å². The number of amidine groups is 2. The highest BCUT2D eigenvalue weighted by Crippen LogP contribution is 2.04. The van der Waals surface area contributed by atoms with Crippen LogP contribution in [0.1, 0.15) is 5.56 Å². The molecule has 0 aromatic carbocycles. The molecule has 0 fully saturated rings. The fourth-order valence-corrected chi connectivity index (χ4v) is 1.02. The first-order chi connectivity index (χ1) is 5.86. The summed E-state index contributed by atoms with van der Waals surface area (Å²) in [7, 11) is 0. The summed E-state index contributed by atoms with van der Waals surface area (Å²) in [5, 5.41) is 0. The number of hydrogen-bond acceptors (Lipinski definition) is 4. The highest BCUT2D eigenvalue weighted by molar-refractivity contribution is 6.10. The zero-order valence-electron chi connectivity index (χ0n) is 6.44. The molecule has 0 saturated heterocycles. The molecule has 0 atom stereocenters. The molecular weight excluding hydrogens is 152 g/mol. The Morgan fingerprint density at radius 2 is 2.00 bits per heavy atom. The predicted octanol–water partition coefficient (Wildman–Crippen LogP) is 0.199. The maximum absolute atomic E-state index is 5.48. The van der Waals surface area contributed by atoms with Crippen molar-refractivity contribution in [1.29, 1.82) is 0 Å². The first-order valence-corrected chi connectivity index (χ1v) is 3.64. The second-order valence-electron chi connectivity index (χ2n) is 2.48. The third kappa shape index (κ3) is 1.18. The molecule has 0 radical (unpaired) electrons. The summed E-state index contributed by atoms with van der Waals surface area (Å²) in [5.74, 6) is 1.27. The molecule has 2 heterocycles. The van der Waals surface area contributed by atoms with Crippen molar-refractivity contribution in [3.8, 4) is 0 Å². The van der Waals surface area contributed by atoms with Gasteiger partial charge in [-0.25, -0.2) is 4.99 Å². The van der Waals surface area contributed by atoms with Gasteiger partial charge < -0.3 is 5.73 Å². The van der Waals surface area contributed by atoms with Crippen molar-refractivity contribution in [2.75, 3.05) is 6.54 Å². The maximum atomic E-state index is 5.48. The van der Waals surface area contributed by atoms with E-state index in [1.165, 1.54) is 0 Å². The fraction of sp³-hybridized carbons (Fsp3) is 0.125.